The van der Waals surface area contributed by atoms with Gasteiger partial charge in [-0.1, -0.05) is 23.1 Å². The molecular weight excluding hydrogens is 380 g/mol. The highest BCUT2D eigenvalue weighted by Crippen LogP contribution is 2.40. The molecule has 0 fully saturated rings. The zero-order valence-corrected chi connectivity index (χ0v) is 16.3. The second-order valence-electron chi connectivity index (χ2n) is 5.44. The lowest BCUT2D eigenvalue weighted by Gasteiger charge is -2.11. The van der Waals surface area contributed by atoms with Gasteiger partial charge in [0, 0.05) is 4.88 Å². The van der Waals surface area contributed by atoms with E-state index in [0.717, 1.165) is 29.7 Å². The molecule has 0 radical (unpaired) electrons. The van der Waals surface area contributed by atoms with Crippen molar-refractivity contribution in [3.8, 4) is 0 Å². The molecule has 0 aliphatic heterocycles. The molecule has 2 heterocycles. The maximum atomic E-state index is 12.5. The van der Waals surface area contributed by atoms with Crippen LogP contribution in [0, 0.1) is 0 Å². The molecule has 7 nitrogen and oxygen atoms in total. The molecule has 0 unspecified atom stereocenters. The molecule has 3 rings (SSSR count). The van der Waals surface area contributed by atoms with Crippen molar-refractivity contribution in [1.82, 2.24) is 10.2 Å². The van der Waals surface area contributed by atoms with Crippen LogP contribution < -0.4 is 11.1 Å². The molecule has 0 bridgehead atoms. The number of nitrogen functional groups attached to an aromatic ring is 1. The summed E-state index contributed by atoms with van der Waals surface area (Å²) >= 11 is 4.00. The number of nitrogens with zero attached hydrogens (tertiary/aromatic N) is 2. The van der Waals surface area contributed by atoms with Crippen molar-refractivity contribution in [1.29, 1.82) is 0 Å². The molecule has 0 saturated heterocycles. The third-order valence-corrected chi connectivity index (χ3v) is 6.85. The monoisotopic (exact) mass is 398 g/mol. The number of amides is 1. The summed E-state index contributed by atoms with van der Waals surface area (Å²) in [6.45, 7) is 3.86. The van der Waals surface area contributed by atoms with E-state index >= 15 is 0 Å². The van der Waals surface area contributed by atoms with E-state index in [9.17, 15) is 9.59 Å². The Hall–Kier alpha value is -1.65. The van der Waals surface area contributed by atoms with Crippen molar-refractivity contribution in [3.63, 3.8) is 0 Å². The number of nitrogens with one attached hydrogen (secondary N) is 1. The molecule has 25 heavy (non-hydrogen) atoms. The Bertz CT molecular complexity index is 802. The number of ether oxygens (including phenoxy) is 1. The number of thioether (sulfide) groups is 1. The predicted molar refractivity (Wildman–Crippen MR) is 101 cm³/mol. The van der Waals surface area contributed by atoms with Crippen LogP contribution in [-0.2, 0) is 22.4 Å². The molecule has 134 valence electrons. The van der Waals surface area contributed by atoms with Crippen LogP contribution in [0.3, 0.4) is 0 Å². The van der Waals surface area contributed by atoms with Crippen molar-refractivity contribution in [2.24, 2.45) is 0 Å². The maximum Gasteiger partial charge on any atom is 0.341 e. The minimum absolute atomic E-state index is 0.191. The van der Waals surface area contributed by atoms with E-state index in [2.05, 4.69) is 15.5 Å². The number of aromatic nitrogens is 2. The summed E-state index contributed by atoms with van der Waals surface area (Å²) < 4.78 is 5.81. The molecule has 2 aromatic rings. The Labute approximate surface area is 157 Å². The number of aryl methyl sites for hydroxylation is 1. The summed E-state index contributed by atoms with van der Waals surface area (Å²) in [7, 11) is 0. The number of carbonyl (C=O) groups is 2. The first kappa shape index (κ1) is 18.2. The topological polar surface area (TPSA) is 107 Å². The van der Waals surface area contributed by atoms with Gasteiger partial charge in [0.15, 0.2) is 4.34 Å². The van der Waals surface area contributed by atoms with E-state index in [0.29, 0.717) is 26.6 Å². The van der Waals surface area contributed by atoms with Gasteiger partial charge >= 0.3 is 5.97 Å². The summed E-state index contributed by atoms with van der Waals surface area (Å²) in [6.07, 6.45) is 2.83. The second kappa shape index (κ2) is 7.71. The normalized spacial score (nSPS) is 14.2. The highest BCUT2D eigenvalue weighted by atomic mass is 32.2. The number of nitrogens with two attached hydrogens (primary N) is 1. The zero-order chi connectivity index (χ0) is 18.0. The van der Waals surface area contributed by atoms with Gasteiger partial charge in [-0.2, -0.15) is 0 Å². The average molecular weight is 399 g/mol. The fourth-order valence-corrected chi connectivity index (χ4v) is 5.66. The molecule has 2 aromatic heterocycles. The van der Waals surface area contributed by atoms with E-state index < -0.39 is 0 Å². The lowest BCUT2D eigenvalue weighted by molar-refractivity contribution is -0.115. The van der Waals surface area contributed by atoms with E-state index in [-0.39, 0.29) is 17.1 Å². The molecule has 10 heteroatoms. The first-order valence-corrected chi connectivity index (χ1v) is 10.4. The van der Waals surface area contributed by atoms with E-state index in [1.807, 2.05) is 0 Å². The van der Waals surface area contributed by atoms with Gasteiger partial charge in [-0.25, -0.2) is 4.79 Å². The van der Waals surface area contributed by atoms with Gasteiger partial charge in [0.1, 0.15) is 5.00 Å². The highest BCUT2D eigenvalue weighted by molar-refractivity contribution is 8.02. The fraction of sp³-hybridized carbons (Fsp3) is 0.467. The van der Waals surface area contributed by atoms with E-state index in [1.54, 1.807) is 13.8 Å². The Morgan fingerprint density at radius 1 is 1.36 bits per heavy atom. The molecule has 1 amide bonds. The molecule has 0 spiro atoms. The van der Waals surface area contributed by atoms with Crippen LogP contribution >= 0.6 is 34.4 Å². The molecule has 3 N–H and O–H groups in total. The first-order valence-electron chi connectivity index (χ1n) is 7.87. The summed E-state index contributed by atoms with van der Waals surface area (Å²) in [5.41, 5.74) is 7.10. The molecule has 1 aliphatic rings. The van der Waals surface area contributed by atoms with Gasteiger partial charge in [0.25, 0.3) is 0 Å². The first-order chi connectivity index (χ1) is 12.0. The zero-order valence-electron chi connectivity index (χ0n) is 13.8. The number of carbonyl (C=O) groups excluding carboxylic acids is 2. The Kier molecular flexibility index (Phi) is 5.60. The predicted octanol–water partition coefficient (Wildman–Crippen LogP) is 2.97. The molecule has 0 saturated carbocycles. The third kappa shape index (κ3) is 3.96. The largest absolute Gasteiger partial charge is 0.462 e. The van der Waals surface area contributed by atoms with Crippen molar-refractivity contribution in [3.05, 3.63) is 16.0 Å². The van der Waals surface area contributed by atoms with Gasteiger partial charge < -0.3 is 15.8 Å². The number of hydrogen-bond donors (Lipinski definition) is 2. The van der Waals surface area contributed by atoms with Gasteiger partial charge in [-0.3, -0.25) is 4.79 Å². The minimum atomic E-state index is -0.390. The SMILES string of the molecule is CCOC(=O)c1c(NC(=O)[C@@H](C)Sc2nnc(N)s2)sc2c1CCC2. The fourth-order valence-electron chi connectivity index (χ4n) is 2.60. The molecule has 0 aromatic carbocycles. The molecule has 1 atom stereocenters. The number of rotatable bonds is 6. The van der Waals surface area contributed by atoms with Crippen molar-refractivity contribution in [2.75, 3.05) is 17.7 Å². The molecule has 1 aliphatic carbocycles. The van der Waals surface area contributed by atoms with Crippen molar-refractivity contribution in [2.45, 2.75) is 42.7 Å². The van der Waals surface area contributed by atoms with E-state index in [1.165, 1.54) is 34.4 Å². The standard InChI is InChI=1S/C15H18N4O3S3/c1-3-22-13(21)10-8-5-4-6-9(8)24-12(10)17-11(20)7(2)23-15-19-18-14(16)25-15/h7H,3-6H2,1-2H3,(H2,16,18)(H,17,20)/t7-/m1/s1. The van der Waals surface area contributed by atoms with Crippen LogP contribution in [0.4, 0.5) is 10.1 Å². The smallest absolute Gasteiger partial charge is 0.341 e. The quantitative estimate of drug-likeness (QED) is 0.569. The van der Waals surface area contributed by atoms with Crippen LogP contribution in [-0.4, -0.2) is 33.9 Å². The number of esters is 1. The Morgan fingerprint density at radius 3 is 2.84 bits per heavy atom. The van der Waals surface area contributed by atoms with Crippen LogP contribution in [0.5, 0.6) is 0 Å². The summed E-state index contributed by atoms with van der Waals surface area (Å²) in [4.78, 5) is 26.0. The molecular formula is C15H18N4O3S3. The average Bonchev–Trinajstić information content (AvgIpc) is 3.23. The van der Waals surface area contributed by atoms with Crippen LogP contribution in [0.15, 0.2) is 4.34 Å². The van der Waals surface area contributed by atoms with Gasteiger partial charge in [-0.15, -0.1) is 21.5 Å². The lowest BCUT2D eigenvalue weighted by atomic mass is 10.1. The van der Waals surface area contributed by atoms with E-state index in [4.69, 9.17) is 10.5 Å². The number of anilines is 2. The minimum Gasteiger partial charge on any atom is -0.462 e. The van der Waals surface area contributed by atoms with Gasteiger partial charge in [-0.05, 0) is 38.7 Å². The van der Waals surface area contributed by atoms with Crippen molar-refractivity contribution < 1.29 is 14.3 Å². The summed E-state index contributed by atoms with van der Waals surface area (Å²) in [5, 5.41) is 11.1. The Morgan fingerprint density at radius 2 is 2.16 bits per heavy atom. The lowest BCUT2D eigenvalue weighted by Crippen LogP contribution is -2.23. The summed E-state index contributed by atoms with van der Waals surface area (Å²) in [5.74, 6) is -0.557. The number of thiophene rings is 1. The number of hydrogen-bond acceptors (Lipinski definition) is 9. The third-order valence-electron chi connectivity index (χ3n) is 3.71. The van der Waals surface area contributed by atoms with Gasteiger partial charge in [0.05, 0.1) is 17.4 Å². The van der Waals surface area contributed by atoms with Gasteiger partial charge in [0.2, 0.25) is 11.0 Å². The second-order valence-corrected chi connectivity index (χ2v) is 9.14. The highest BCUT2D eigenvalue weighted by Gasteiger charge is 2.29. The van der Waals surface area contributed by atoms with Crippen LogP contribution in [0.2, 0.25) is 0 Å². The van der Waals surface area contributed by atoms with Crippen LogP contribution in [0.25, 0.3) is 0 Å². The Balaban J connectivity index is 1.75. The number of fused-ring (bicyclic) bond motifs is 1. The van der Waals surface area contributed by atoms with Crippen molar-refractivity contribution >= 4 is 56.4 Å². The summed E-state index contributed by atoms with van der Waals surface area (Å²) in [6, 6.07) is 0. The maximum absolute atomic E-state index is 12.5. The van der Waals surface area contributed by atoms with Crippen LogP contribution in [0.1, 0.15) is 41.1 Å².